The average Bonchev–Trinajstić information content (AvgIpc) is 2.92. The summed E-state index contributed by atoms with van der Waals surface area (Å²) in [7, 11) is 0. The van der Waals surface area contributed by atoms with Crippen molar-refractivity contribution in [1.29, 1.82) is 0 Å². The van der Waals surface area contributed by atoms with Crippen LogP contribution in [0.15, 0.2) is 71.4 Å². The second-order valence-electron chi connectivity index (χ2n) is 6.07. The Hall–Kier alpha value is -3.74. The molecule has 0 saturated carbocycles. The summed E-state index contributed by atoms with van der Waals surface area (Å²) in [6.07, 6.45) is 1.48. The Morgan fingerprint density at radius 1 is 1.18 bits per heavy atom. The number of anilines is 1. The van der Waals surface area contributed by atoms with Crippen LogP contribution in [0.5, 0.6) is 0 Å². The van der Waals surface area contributed by atoms with Gasteiger partial charge in [0.25, 0.3) is 11.6 Å². The zero-order chi connectivity index (χ0) is 20.3. The number of esters is 1. The van der Waals surface area contributed by atoms with Gasteiger partial charge in [-0.05, 0) is 37.6 Å². The standard InChI is InChI=1S/C21H18N2O5/c1-3-28-21(25)19-14(2)22(16-9-5-4-6-10-16)20(24)18(19)13-15-8-7-11-17(12-15)23(26)27/h4-13H,3H2,1-2H3. The lowest BCUT2D eigenvalue weighted by molar-refractivity contribution is -0.384. The number of rotatable bonds is 5. The van der Waals surface area contributed by atoms with Gasteiger partial charge in [0.2, 0.25) is 0 Å². The van der Waals surface area contributed by atoms with Gasteiger partial charge in [-0.15, -0.1) is 0 Å². The molecule has 0 unspecified atom stereocenters. The molecule has 0 N–H and O–H groups in total. The van der Waals surface area contributed by atoms with E-state index in [-0.39, 0.29) is 23.4 Å². The molecule has 0 atom stereocenters. The number of benzene rings is 2. The molecule has 0 aliphatic carbocycles. The van der Waals surface area contributed by atoms with E-state index < -0.39 is 16.8 Å². The maximum Gasteiger partial charge on any atom is 0.340 e. The molecule has 0 fully saturated rings. The van der Waals surface area contributed by atoms with E-state index >= 15 is 0 Å². The molecule has 28 heavy (non-hydrogen) atoms. The number of amides is 1. The molecule has 7 heteroatoms. The number of carbonyl (C=O) groups excluding carboxylic acids is 2. The minimum Gasteiger partial charge on any atom is -0.462 e. The summed E-state index contributed by atoms with van der Waals surface area (Å²) in [5.41, 5.74) is 1.71. The van der Waals surface area contributed by atoms with Crippen molar-refractivity contribution in [2.24, 2.45) is 0 Å². The number of ether oxygens (including phenoxy) is 1. The van der Waals surface area contributed by atoms with Gasteiger partial charge in [0.1, 0.15) is 0 Å². The van der Waals surface area contributed by atoms with Crippen LogP contribution in [0.25, 0.3) is 6.08 Å². The summed E-state index contributed by atoms with van der Waals surface area (Å²) in [5, 5.41) is 11.0. The van der Waals surface area contributed by atoms with Gasteiger partial charge in [0, 0.05) is 23.5 Å². The predicted molar refractivity (Wildman–Crippen MR) is 104 cm³/mol. The molecule has 2 aromatic carbocycles. The molecule has 0 bridgehead atoms. The first-order valence-electron chi connectivity index (χ1n) is 8.68. The van der Waals surface area contributed by atoms with Crippen LogP contribution in [0.2, 0.25) is 0 Å². The summed E-state index contributed by atoms with van der Waals surface area (Å²) in [5.74, 6) is -0.998. The average molecular weight is 378 g/mol. The molecule has 1 amide bonds. The minimum absolute atomic E-state index is 0.0990. The minimum atomic E-state index is -0.608. The smallest absolute Gasteiger partial charge is 0.340 e. The lowest BCUT2D eigenvalue weighted by Crippen LogP contribution is -2.24. The van der Waals surface area contributed by atoms with Crippen LogP contribution in [0, 0.1) is 10.1 Å². The first-order chi connectivity index (χ1) is 13.4. The van der Waals surface area contributed by atoms with E-state index in [0.717, 1.165) is 0 Å². The number of non-ortho nitro benzene ring substituents is 1. The first kappa shape index (κ1) is 19.0. The van der Waals surface area contributed by atoms with Crippen LogP contribution < -0.4 is 4.90 Å². The summed E-state index contributed by atoms with van der Waals surface area (Å²) in [4.78, 5) is 37.6. The number of nitrogens with zero attached hydrogens (tertiary/aromatic N) is 2. The summed E-state index contributed by atoms with van der Waals surface area (Å²) >= 11 is 0. The van der Waals surface area contributed by atoms with Crippen molar-refractivity contribution in [1.82, 2.24) is 0 Å². The fraction of sp³-hybridized carbons (Fsp3) is 0.143. The third kappa shape index (κ3) is 3.55. The van der Waals surface area contributed by atoms with Crippen molar-refractivity contribution in [2.45, 2.75) is 13.8 Å². The van der Waals surface area contributed by atoms with Gasteiger partial charge in [0.05, 0.1) is 22.7 Å². The number of hydrogen-bond acceptors (Lipinski definition) is 5. The monoisotopic (exact) mass is 378 g/mol. The lowest BCUT2D eigenvalue weighted by atomic mass is 10.0. The molecule has 3 rings (SSSR count). The predicted octanol–water partition coefficient (Wildman–Crippen LogP) is 3.86. The second-order valence-corrected chi connectivity index (χ2v) is 6.07. The molecular weight excluding hydrogens is 360 g/mol. The van der Waals surface area contributed by atoms with E-state index in [4.69, 9.17) is 4.74 Å². The van der Waals surface area contributed by atoms with Gasteiger partial charge in [-0.25, -0.2) is 4.79 Å². The Morgan fingerprint density at radius 3 is 2.54 bits per heavy atom. The molecule has 0 spiro atoms. The highest BCUT2D eigenvalue weighted by Crippen LogP contribution is 2.35. The maximum absolute atomic E-state index is 13.1. The Balaban J connectivity index is 2.13. The van der Waals surface area contributed by atoms with Crippen molar-refractivity contribution in [3.8, 4) is 0 Å². The highest BCUT2D eigenvalue weighted by molar-refractivity contribution is 6.23. The zero-order valence-corrected chi connectivity index (χ0v) is 15.4. The van der Waals surface area contributed by atoms with Crippen molar-refractivity contribution in [3.63, 3.8) is 0 Å². The Labute approximate surface area is 161 Å². The Bertz CT molecular complexity index is 1010. The quantitative estimate of drug-likeness (QED) is 0.341. The number of hydrogen-bond donors (Lipinski definition) is 0. The highest BCUT2D eigenvalue weighted by atomic mass is 16.6. The maximum atomic E-state index is 13.1. The highest BCUT2D eigenvalue weighted by Gasteiger charge is 2.38. The third-order valence-corrected chi connectivity index (χ3v) is 4.29. The van der Waals surface area contributed by atoms with Gasteiger partial charge < -0.3 is 4.74 Å². The molecule has 7 nitrogen and oxygen atoms in total. The van der Waals surface area contributed by atoms with Crippen molar-refractivity contribution >= 4 is 29.3 Å². The first-order valence-corrected chi connectivity index (χ1v) is 8.68. The van der Waals surface area contributed by atoms with Crippen molar-refractivity contribution in [2.75, 3.05) is 11.5 Å². The number of carbonyl (C=O) groups is 2. The van der Waals surface area contributed by atoms with Crippen LogP contribution in [0.4, 0.5) is 11.4 Å². The Kier molecular flexibility index (Phi) is 5.35. The zero-order valence-electron chi connectivity index (χ0n) is 15.4. The topological polar surface area (TPSA) is 89.8 Å². The van der Waals surface area contributed by atoms with E-state index in [1.54, 1.807) is 44.2 Å². The van der Waals surface area contributed by atoms with E-state index in [1.165, 1.54) is 29.2 Å². The third-order valence-electron chi connectivity index (χ3n) is 4.29. The molecule has 2 aromatic rings. The molecule has 142 valence electrons. The largest absolute Gasteiger partial charge is 0.462 e. The summed E-state index contributed by atoms with van der Waals surface area (Å²) < 4.78 is 5.13. The second kappa shape index (κ2) is 7.87. The fourth-order valence-corrected chi connectivity index (χ4v) is 3.06. The van der Waals surface area contributed by atoms with E-state index in [9.17, 15) is 19.7 Å². The van der Waals surface area contributed by atoms with E-state index in [1.807, 2.05) is 6.07 Å². The summed E-state index contributed by atoms with van der Waals surface area (Å²) in [6, 6.07) is 14.8. The van der Waals surface area contributed by atoms with Crippen molar-refractivity contribution < 1.29 is 19.2 Å². The van der Waals surface area contributed by atoms with Crippen molar-refractivity contribution in [3.05, 3.63) is 87.1 Å². The molecule has 1 heterocycles. The number of nitro benzene ring substituents is 1. The van der Waals surface area contributed by atoms with Gasteiger partial charge >= 0.3 is 5.97 Å². The molecular formula is C21H18N2O5. The lowest BCUT2D eigenvalue weighted by Gasteiger charge is -2.17. The number of para-hydroxylation sites is 1. The molecule has 0 saturated heterocycles. The van der Waals surface area contributed by atoms with E-state index in [0.29, 0.717) is 16.9 Å². The van der Waals surface area contributed by atoms with Crippen LogP contribution in [-0.4, -0.2) is 23.4 Å². The van der Waals surface area contributed by atoms with Gasteiger partial charge in [-0.3, -0.25) is 19.8 Å². The normalized spacial score (nSPS) is 15.3. The molecule has 1 aliphatic rings. The van der Waals surface area contributed by atoms with Crippen LogP contribution >= 0.6 is 0 Å². The summed E-state index contributed by atoms with van der Waals surface area (Å²) in [6.45, 7) is 3.52. The SMILES string of the molecule is CCOC(=O)C1=C(C)N(c2ccccc2)C(=O)C1=Cc1cccc([N+](=O)[O-])c1. The molecule has 0 radical (unpaired) electrons. The van der Waals surface area contributed by atoms with Gasteiger partial charge in [-0.2, -0.15) is 0 Å². The van der Waals surface area contributed by atoms with Gasteiger partial charge in [0.15, 0.2) is 0 Å². The number of nitro groups is 1. The van der Waals surface area contributed by atoms with Crippen LogP contribution in [-0.2, 0) is 14.3 Å². The fourth-order valence-electron chi connectivity index (χ4n) is 3.06. The number of allylic oxidation sites excluding steroid dienone is 1. The van der Waals surface area contributed by atoms with E-state index in [2.05, 4.69) is 0 Å². The molecule has 0 aromatic heterocycles. The van der Waals surface area contributed by atoms with Crippen LogP contribution in [0.1, 0.15) is 19.4 Å². The van der Waals surface area contributed by atoms with Gasteiger partial charge in [-0.1, -0.05) is 30.3 Å². The Morgan fingerprint density at radius 2 is 1.89 bits per heavy atom. The van der Waals surface area contributed by atoms with Crippen LogP contribution in [0.3, 0.4) is 0 Å². The molecule has 1 aliphatic heterocycles.